The van der Waals surface area contributed by atoms with E-state index in [-0.39, 0.29) is 6.61 Å². The summed E-state index contributed by atoms with van der Waals surface area (Å²) < 4.78 is 5.15. The van der Waals surface area contributed by atoms with Gasteiger partial charge >= 0.3 is 6.09 Å². The van der Waals surface area contributed by atoms with Crippen molar-refractivity contribution in [3.63, 3.8) is 0 Å². The second-order valence-corrected chi connectivity index (χ2v) is 9.59. The number of allylic oxidation sites excluding steroid dienone is 1. The van der Waals surface area contributed by atoms with Crippen molar-refractivity contribution >= 4 is 22.8 Å². The van der Waals surface area contributed by atoms with Crippen LogP contribution >= 0.6 is 0 Å². The lowest BCUT2D eigenvalue weighted by Crippen LogP contribution is -2.45. The number of benzene rings is 2. The summed E-state index contributed by atoms with van der Waals surface area (Å²) >= 11 is 0. The minimum absolute atomic E-state index is 0.000704. The first-order valence-corrected chi connectivity index (χ1v) is 13.5. The molecule has 1 fully saturated rings. The van der Waals surface area contributed by atoms with Gasteiger partial charge in [0.2, 0.25) is 0 Å². The Kier molecular flexibility index (Phi) is 11.3. The van der Waals surface area contributed by atoms with Gasteiger partial charge in [0.15, 0.2) is 0 Å². The van der Waals surface area contributed by atoms with Crippen LogP contribution in [0.3, 0.4) is 0 Å². The van der Waals surface area contributed by atoms with Gasteiger partial charge in [-0.1, -0.05) is 120 Å². The average Bonchev–Trinajstić information content (AvgIpc) is 3.27. The van der Waals surface area contributed by atoms with Gasteiger partial charge in [-0.15, -0.1) is 0 Å². The molecule has 2 atom stereocenters. The van der Waals surface area contributed by atoms with Crippen molar-refractivity contribution < 1.29 is 19.4 Å². The third-order valence-electron chi connectivity index (χ3n) is 6.85. The van der Waals surface area contributed by atoms with Crippen molar-refractivity contribution in [1.29, 1.82) is 0 Å². The predicted molar refractivity (Wildman–Crippen MR) is 141 cm³/mol. The van der Waals surface area contributed by atoms with Crippen molar-refractivity contribution in [1.82, 2.24) is 4.90 Å². The summed E-state index contributed by atoms with van der Waals surface area (Å²) in [5.41, 5.74) is 0.434. The Morgan fingerprint density at radius 2 is 1.60 bits per heavy atom. The quantitative estimate of drug-likeness (QED) is 0.213. The molecule has 35 heavy (non-hydrogen) atoms. The van der Waals surface area contributed by atoms with Crippen LogP contribution in [0.5, 0.6) is 0 Å². The number of nitrogens with zero attached hydrogens (tertiary/aromatic N) is 1. The SMILES string of the molecule is CCCCCCCCCCCCC/C=C/[C@@H](O)[C@@H]1COC(=O)N1C(=O)c1cccc2ccccc12. The lowest BCUT2D eigenvalue weighted by Gasteiger charge is -2.23. The van der Waals surface area contributed by atoms with Crippen LogP contribution in [0.1, 0.15) is 94.3 Å². The van der Waals surface area contributed by atoms with Gasteiger partial charge in [-0.25, -0.2) is 9.69 Å². The van der Waals surface area contributed by atoms with Gasteiger partial charge in [0.25, 0.3) is 5.91 Å². The van der Waals surface area contributed by atoms with E-state index in [1.807, 2.05) is 36.4 Å². The number of amides is 2. The van der Waals surface area contributed by atoms with E-state index >= 15 is 0 Å². The Hall–Kier alpha value is -2.66. The number of ether oxygens (including phenoxy) is 1. The first-order chi connectivity index (χ1) is 17.1. The first-order valence-electron chi connectivity index (χ1n) is 13.5. The highest BCUT2D eigenvalue weighted by molar-refractivity contribution is 6.11. The zero-order valence-electron chi connectivity index (χ0n) is 21.2. The topological polar surface area (TPSA) is 66.8 Å². The fraction of sp³-hybridized carbons (Fsp3) is 0.533. The van der Waals surface area contributed by atoms with Crippen LogP contribution in [-0.4, -0.2) is 40.8 Å². The Labute approximate surface area is 210 Å². The number of hydrogen-bond donors (Lipinski definition) is 1. The summed E-state index contributed by atoms with van der Waals surface area (Å²) in [6.07, 6.45) is 17.2. The Morgan fingerprint density at radius 3 is 2.31 bits per heavy atom. The minimum atomic E-state index is -0.951. The second-order valence-electron chi connectivity index (χ2n) is 9.59. The van der Waals surface area contributed by atoms with Gasteiger partial charge in [-0.3, -0.25) is 4.79 Å². The highest BCUT2D eigenvalue weighted by Crippen LogP contribution is 2.25. The number of hydrogen-bond acceptors (Lipinski definition) is 4. The number of fused-ring (bicyclic) bond motifs is 1. The highest BCUT2D eigenvalue weighted by atomic mass is 16.6. The number of aliphatic hydroxyl groups is 1. The highest BCUT2D eigenvalue weighted by Gasteiger charge is 2.41. The van der Waals surface area contributed by atoms with Crippen LogP contribution in [0.4, 0.5) is 4.79 Å². The van der Waals surface area contributed by atoms with Crippen molar-refractivity contribution in [3.8, 4) is 0 Å². The Balaban J connectivity index is 1.41. The fourth-order valence-electron chi connectivity index (χ4n) is 4.75. The number of imide groups is 1. The summed E-state index contributed by atoms with van der Waals surface area (Å²) in [6.45, 7) is 2.25. The van der Waals surface area contributed by atoms with Gasteiger partial charge in [-0.05, 0) is 29.7 Å². The van der Waals surface area contributed by atoms with Crippen molar-refractivity contribution in [3.05, 3.63) is 60.2 Å². The Bertz CT molecular complexity index is 964. The van der Waals surface area contributed by atoms with Crippen LogP contribution in [0.2, 0.25) is 0 Å². The van der Waals surface area contributed by atoms with Gasteiger partial charge in [0.1, 0.15) is 12.6 Å². The molecular formula is C30H41NO4. The molecule has 1 N–H and O–H groups in total. The van der Waals surface area contributed by atoms with Gasteiger partial charge in [0, 0.05) is 5.56 Å². The van der Waals surface area contributed by atoms with E-state index in [2.05, 4.69) is 6.92 Å². The number of rotatable bonds is 15. The lowest BCUT2D eigenvalue weighted by molar-refractivity contribution is 0.0672. The maximum atomic E-state index is 13.3. The maximum Gasteiger partial charge on any atom is 0.417 e. The number of unbranched alkanes of at least 4 members (excludes halogenated alkanes) is 11. The van der Waals surface area contributed by atoms with E-state index in [0.29, 0.717) is 5.56 Å². The molecule has 1 aliphatic rings. The van der Waals surface area contributed by atoms with Gasteiger partial charge in [-0.2, -0.15) is 0 Å². The molecule has 0 bridgehead atoms. The van der Waals surface area contributed by atoms with Crippen molar-refractivity contribution in [2.24, 2.45) is 0 Å². The molecule has 2 amide bonds. The molecule has 1 aliphatic heterocycles. The monoisotopic (exact) mass is 479 g/mol. The van der Waals surface area contributed by atoms with E-state index < -0.39 is 24.1 Å². The molecule has 1 saturated heterocycles. The summed E-state index contributed by atoms with van der Waals surface area (Å²) in [6, 6.07) is 12.3. The lowest BCUT2D eigenvalue weighted by atomic mass is 10.0. The van der Waals surface area contributed by atoms with Crippen molar-refractivity contribution in [2.45, 2.75) is 96.1 Å². The van der Waals surface area contributed by atoms with E-state index in [9.17, 15) is 14.7 Å². The fourth-order valence-corrected chi connectivity index (χ4v) is 4.75. The smallest absolute Gasteiger partial charge is 0.417 e. The van der Waals surface area contributed by atoms with Crippen molar-refractivity contribution in [2.75, 3.05) is 6.61 Å². The summed E-state index contributed by atoms with van der Waals surface area (Å²) in [4.78, 5) is 26.7. The predicted octanol–water partition coefficient (Wildman–Crippen LogP) is 7.42. The molecule has 0 spiro atoms. The largest absolute Gasteiger partial charge is 0.447 e. The molecule has 0 unspecified atom stereocenters. The van der Waals surface area contributed by atoms with Gasteiger partial charge < -0.3 is 9.84 Å². The number of aliphatic hydroxyl groups excluding tert-OH is 1. The summed E-state index contributed by atoms with van der Waals surface area (Å²) in [7, 11) is 0. The number of carbonyl (C=O) groups excluding carboxylic acids is 2. The molecule has 0 aromatic heterocycles. The zero-order chi connectivity index (χ0) is 24.9. The first kappa shape index (κ1) is 26.9. The maximum absolute atomic E-state index is 13.3. The Morgan fingerprint density at radius 1 is 0.971 bits per heavy atom. The van der Waals surface area contributed by atoms with Crippen LogP contribution in [0.15, 0.2) is 54.6 Å². The molecule has 5 heteroatoms. The molecule has 2 aromatic carbocycles. The van der Waals surface area contributed by atoms with E-state index in [1.165, 1.54) is 64.2 Å². The molecular weight excluding hydrogens is 438 g/mol. The second kappa shape index (κ2) is 14.7. The summed E-state index contributed by atoms with van der Waals surface area (Å²) in [5.74, 6) is -0.438. The van der Waals surface area contributed by atoms with E-state index in [0.717, 1.165) is 28.5 Å². The van der Waals surface area contributed by atoms with Gasteiger partial charge in [0.05, 0.1) is 6.10 Å². The molecule has 190 valence electrons. The third kappa shape index (κ3) is 7.93. The van der Waals surface area contributed by atoms with E-state index in [4.69, 9.17) is 4.74 Å². The average molecular weight is 480 g/mol. The number of cyclic esters (lactones) is 1. The molecule has 1 heterocycles. The normalized spacial score (nSPS) is 16.8. The van der Waals surface area contributed by atoms with E-state index in [1.54, 1.807) is 18.2 Å². The summed E-state index contributed by atoms with van der Waals surface area (Å²) in [5, 5.41) is 12.4. The standard InChI is InChI=1S/C30H41NO4/c1-2-3-4-5-6-7-8-9-10-11-12-13-14-22-28(32)27-23-35-30(34)31(27)29(33)26-21-17-19-24-18-15-16-20-25(24)26/h14-22,27-28,32H,2-13,23H2,1H3/b22-14+/t27-,28+/m0/s1. The molecule has 5 nitrogen and oxygen atoms in total. The zero-order valence-corrected chi connectivity index (χ0v) is 21.2. The van der Waals surface area contributed by atoms with Crippen LogP contribution in [0, 0.1) is 0 Å². The molecule has 0 aliphatic carbocycles. The number of carbonyl (C=O) groups is 2. The molecule has 3 rings (SSSR count). The molecule has 0 saturated carbocycles. The van der Waals surface area contributed by atoms with Crippen LogP contribution in [0.25, 0.3) is 10.8 Å². The van der Waals surface area contributed by atoms with Crippen LogP contribution < -0.4 is 0 Å². The molecule has 0 radical (unpaired) electrons. The van der Waals surface area contributed by atoms with Crippen LogP contribution in [-0.2, 0) is 4.74 Å². The minimum Gasteiger partial charge on any atom is -0.447 e. The third-order valence-corrected chi connectivity index (χ3v) is 6.85. The molecule has 2 aromatic rings.